The van der Waals surface area contributed by atoms with Gasteiger partial charge in [-0.25, -0.2) is 4.79 Å². The molecule has 0 bridgehead atoms. The molecule has 2 aromatic rings. The van der Waals surface area contributed by atoms with Gasteiger partial charge in [-0.1, -0.05) is 6.07 Å². The highest BCUT2D eigenvalue weighted by atomic mass is 16.2. The lowest BCUT2D eigenvalue weighted by Gasteiger charge is -2.20. The number of carbonyl (C=O) groups is 1. The van der Waals surface area contributed by atoms with E-state index >= 15 is 0 Å². The zero-order chi connectivity index (χ0) is 15.3. The van der Waals surface area contributed by atoms with E-state index in [0.717, 1.165) is 16.8 Å². The molecule has 0 saturated heterocycles. The van der Waals surface area contributed by atoms with Crippen molar-refractivity contribution < 1.29 is 4.79 Å². The molecule has 2 rings (SSSR count). The van der Waals surface area contributed by atoms with Crippen molar-refractivity contribution in [3.63, 3.8) is 0 Å². The van der Waals surface area contributed by atoms with Crippen molar-refractivity contribution in [3.05, 3.63) is 48.4 Å². The number of urea groups is 1. The Kier molecular flexibility index (Phi) is 4.52. The van der Waals surface area contributed by atoms with Gasteiger partial charge in [0.05, 0.1) is 5.69 Å². The summed E-state index contributed by atoms with van der Waals surface area (Å²) in [5, 5.41) is 5.66. The lowest BCUT2D eigenvalue weighted by molar-refractivity contribution is 0.231. The van der Waals surface area contributed by atoms with E-state index in [9.17, 15) is 4.79 Å². The molecule has 0 aliphatic heterocycles. The maximum absolute atomic E-state index is 11.7. The minimum Gasteiger partial charge on any atom is -0.334 e. The SMILES string of the molecule is CC(C)(C)NC(=O)NCc1ccc(-c2cccnc2)nc1. The van der Waals surface area contributed by atoms with Crippen LogP contribution in [0.25, 0.3) is 11.3 Å². The molecule has 5 nitrogen and oxygen atoms in total. The number of nitrogens with zero attached hydrogens (tertiary/aromatic N) is 2. The maximum Gasteiger partial charge on any atom is 0.315 e. The highest BCUT2D eigenvalue weighted by Gasteiger charge is 2.12. The summed E-state index contributed by atoms with van der Waals surface area (Å²) < 4.78 is 0. The topological polar surface area (TPSA) is 66.9 Å². The zero-order valence-electron chi connectivity index (χ0n) is 12.6. The van der Waals surface area contributed by atoms with Crippen LogP contribution >= 0.6 is 0 Å². The molecule has 2 N–H and O–H groups in total. The van der Waals surface area contributed by atoms with Crippen LogP contribution in [0.2, 0.25) is 0 Å². The Balaban J connectivity index is 1.93. The smallest absolute Gasteiger partial charge is 0.315 e. The fourth-order valence-electron chi connectivity index (χ4n) is 1.78. The number of carbonyl (C=O) groups excluding carboxylic acids is 1. The van der Waals surface area contributed by atoms with Crippen molar-refractivity contribution in [3.8, 4) is 11.3 Å². The van der Waals surface area contributed by atoms with Crippen molar-refractivity contribution in [2.75, 3.05) is 0 Å². The molecule has 2 heterocycles. The minimum absolute atomic E-state index is 0.182. The monoisotopic (exact) mass is 284 g/mol. The first-order valence-corrected chi connectivity index (χ1v) is 6.85. The Labute approximate surface area is 124 Å². The van der Waals surface area contributed by atoms with Crippen molar-refractivity contribution in [2.24, 2.45) is 0 Å². The quantitative estimate of drug-likeness (QED) is 0.910. The third-order valence-corrected chi connectivity index (χ3v) is 2.72. The number of rotatable bonds is 3. The standard InChI is InChI=1S/C16H20N4O/c1-16(2,3)20-15(21)19-10-12-6-7-14(18-9-12)13-5-4-8-17-11-13/h4-9,11H,10H2,1-3H3,(H2,19,20,21). The van der Waals surface area contributed by atoms with E-state index in [1.165, 1.54) is 0 Å². The van der Waals surface area contributed by atoms with Gasteiger partial charge in [0.2, 0.25) is 0 Å². The Bertz CT molecular complexity index is 588. The molecule has 0 atom stereocenters. The predicted molar refractivity (Wildman–Crippen MR) is 82.6 cm³/mol. The molecule has 0 radical (unpaired) electrons. The first kappa shape index (κ1) is 15.0. The van der Waals surface area contributed by atoms with Gasteiger partial charge in [0.15, 0.2) is 0 Å². The highest BCUT2D eigenvalue weighted by molar-refractivity contribution is 5.74. The van der Waals surface area contributed by atoms with Crippen LogP contribution in [0.4, 0.5) is 4.79 Å². The Morgan fingerprint density at radius 3 is 2.57 bits per heavy atom. The molecule has 0 unspecified atom stereocenters. The molecular formula is C16H20N4O. The minimum atomic E-state index is -0.244. The molecule has 21 heavy (non-hydrogen) atoms. The second-order valence-corrected chi connectivity index (χ2v) is 5.85. The van der Waals surface area contributed by atoms with E-state index in [1.54, 1.807) is 18.6 Å². The van der Waals surface area contributed by atoms with Crippen molar-refractivity contribution in [2.45, 2.75) is 32.9 Å². The molecule has 0 aliphatic rings. The number of amides is 2. The van der Waals surface area contributed by atoms with E-state index in [0.29, 0.717) is 6.54 Å². The number of hydrogen-bond acceptors (Lipinski definition) is 3. The van der Waals surface area contributed by atoms with Crippen LogP contribution in [0, 0.1) is 0 Å². The van der Waals surface area contributed by atoms with Gasteiger partial charge in [-0.15, -0.1) is 0 Å². The predicted octanol–water partition coefficient (Wildman–Crippen LogP) is 2.74. The van der Waals surface area contributed by atoms with Crippen LogP contribution in [0.3, 0.4) is 0 Å². The van der Waals surface area contributed by atoms with E-state index in [-0.39, 0.29) is 11.6 Å². The summed E-state index contributed by atoms with van der Waals surface area (Å²) in [6.45, 7) is 6.27. The summed E-state index contributed by atoms with van der Waals surface area (Å²) in [4.78, 5) is 20.1. The second-order valence-electron chi connectivity index (χ2n) is 5.85. The molecule has 5 heteroatoms. The fraction of sp³-hybridized carbons (Fsp3) is 0.312. The first-order chi connectivity index (χ1) is 9.94. The average molecular weight is 284 g/mol. The van der Waals surface area contributed by atoms with E-state index in [1.807, 2.05) is 45.0 Å². The van der Waals surface area contributed by atoms with Gasteiger partial charge in [0, 0.05) is 36.2 Å². The van der Waals surface area contributed by atoms with Crippen molar-refractivity contribution >= 4 is 6.03 Å². The van der Waals surface area contributed by atoms with Crippen molar-refractivity contribution in [1.82, 2.24) is 20.6 Å². The number of hydrogen-bond donors (Lipinski definition) is 2. The summed E-state index contributed by atoms with van der Waals surface area (Å²) in [6.07, 6.45) is 5.27. The molecule has 2 aromatic heterocycles. The van der Waals surface area contributed by atoms with Gasteiger partial charge in [0.1, 0.15) is 0 Å². The third-order valence-electron chi connectivity index (χ3n) is 2.72. The van der Waals surface area contributed by atoms with Crippen LogP contribution in [0.15, 0.2) is 42.9 Å². The molecule has 0 saturated carbocycles. The van der Waals surface area contributed by atoms with E-state index in [4.69, 9.17) is 0 Å². The molecule has 2 amide bonds. The molecule has 0 aliphatic carbocycles. The summed E-state index contributed by atoms with van der Waals surface area (Å²) in [5.41, 5.74) is 2.55. The highest BCUT2D eigenvalue weighted by Crippen LogP contribution is 2.15. The third kappa shape index (κ3) is 4.87. The zero-order valence-corrected chi connectivity index (χ0v) is 12.6. The number of pyridine rings is 2. The Morgan fingerprint density at radius 2 is 2.00 bits per heavy atom. The number of nitrogens with one attached hydrogen (secondary N) is 2. The molecule has 0 fully saturated rings. The van der Waals surface area contributed by atoms with Gasteiger partial charge in [-0.05, 0) is 44.5 Å². The van der Waals surface area contributed by atoms with Crippen LogP contribution in [0.1, 0.15) is 26.3 Å². The van der Waals surface area contributed by atoms with Crippen LogP contribution < -0.4 is 10.6 Å². The summed E-state index contributed by atoms with van der Waals surface area (Å²) in [5.74, 6) is 0. The van der Waals surface area contributed by atoms with Gasteiger partial charge in [-0.3, -0.25) is 9.97 Å². The first-order valence-electron chi connectivity index (χ1n) is 6.85. The lowest BCUT2D eigenvalue weighted by Crippen LogP contribution is -2.46. The summed E-state index contributed by atoms with van der Waals surface area (Å²) in [6, 6.07) is 7.54. The maximum atomic E-state index is 11.7. The van der Waals surface area contributed by atoms with Gasteiger partial charge >= 0.3 is 6.03 Å². The molecular weight excluding hydrogens is 264 g/mol. The van der Waals surface area contributed by atoms with E-state index < -0.39 is 0 Å². The summed E-state index contributed by atoms with van der Waals surface area (Å²) in [7, 11) is 0. The van der Waals surface area contributed by atoms with Gasteiger partial charge in [0.25, 0.3) is 0 Å². The molecule has 0 spiro atoms. The number of aromatic nitrogens is 2. The van der Waals surface area contributed by atoms with Crippen molar-refractivity contribution in [1.29, 1.82) is 0 Å². The van der Waals surface area contributed by atoms with Crippen LogP contribution in [-0.4, -0.2) is 21.5 Å². The van der Waals surface area contributed by atoms with Crippen LogP contribution in [0.5, 0.6) is 0 Å². The largest absolute Gasteiger partial charge is 0.334 e. The van der Waals surface area contributed by atoms with E-state index in [2.05, 4.69) is 20.6 Å². The average Bonchev–Trinajstić information content (AvgIpc) is 2.45. The Hall–Kier alpha value is -2.43. The molecule has 0 aromatic carbocycles. The molecule has 110 valence electrons. The van der Waals surface area contributed by atoms with Gasteiger partial charge in [-0.2, -0.15) is 0 Å². The normalized spacial score (nSPS) is 11.0. The fourth-order valence-corrected chi connectivity index (χ4v) is 1.78. The van der Waals surface area contributed by atoms with Gasteiger partial charge < -0.3 is 10.6 Å². The lowest BCUT2D eigenvalue weighted by atomic mass is 10.1. The Morgan fingerprint density at radius 1 is 1.19 bits per heavy atom. The van der Waals surface area contributed by atoms with Crippen LogP contribution in [-0.2, 0) is 6.54 Å². The summed E-state index contributed by atoms with van der Waals surface area (Å²) >= 11 is 0. The second kappa shape index (κ2) is 6.35.